The van der Waals surface area contributed by atoms with Crippen LogP contribution in [0.3, 0.4) is 0 Å². The van der Waals surface area contributed by atoms with Gasteiger partial charge in [-0.05, 0) is 111 Å². The molecular formula is C29H42ClN3O2. The quantitative estimate of drug-likeness (QED) is 0.193. The Kier molecular flexibility index (Phi) is 7.74. The van der Waals surface area contributed by atoms with E-state index in [0.717, 1.165) is 50.2 Å². The van der Waals surface area contributed by atoms with E-state index in [1.807, 2.05) is 12.1 Å². The van der Waals surface area contributed by atoms with Gasteiger partial charge in [0.25, 0.3) is 5.91 Å². The molecule has 35 heavy (non-hydrogen) atoms. The molecule has 5 nitrogen and oxygen atoms in total. The lowest BCUT2D eigenvalue weighted by molar-refractivity contribution is -0.0966. The number of carbonyl (C=O) groups is 1. The second-order valence-electron chi connectivity index (χ2n) is 12.2. The molecule has 0 aliphatic heterocycles. The average molecular weight is 500 g/mol. The number of nitrogens with one attached hydrogen (secondary N) is 1. The van der Waals surface area contributed by atoms with Gasteiger partial charge in [0.2, 0.25) is 0 Å². The van der Waals surface area contributed by atoms with Gasteiger partial charge in [-0.1, -0.05) is 31.4 Å². The van der Waals surface area contributed by atoms with Crippen LogP contribution in [0.1, 0.15) is 99.4 Å². The molecule has 0 atom stereocenters. The van der Waals surface area contributed by atoms with Crippen LogP contribution in [0.15, 0.2) is 28.8 Å². The largest absolute Gasteiger partial charge is 0.384 e. The van der Waals surface area contributed by atoms with Crippen molar-refractivity contribution in [3.05, 3.63) is 35.4 Å². The summed E-state index contributed by atoms with van der Waals surface area (Å²) >= 11 is 5.49. The third-order valence-electron chi connectivity index (χ3n) is 9.23. The summed E-state index contributed by atoms with van der Waals surface area (Å²) in [6, 6.07) is 7.92. The van der Waals surface area contributed by atoms with Gasteiger partial charge in [0.05, 0.1) is 12.1 Å². The lowest BCUT2D eigenvalue weighted by atomic mass is 9.50. The highest BCUT2D eigenvalue weighted by Crippen LogP contribution is 2.60. The third-order valence-corrected chi connectivity index (χ3v) is 9.41. The van der Waals surface area contributed by atoms with Gasteiger partial charge in [-0.3, -0.25) is 4.79 Å². The number of rotatable bonds is 13. The number of unbranched alkanes of at least 4 members (excludes halogenated alkanes) is 4. The molecule has 5 aliphatic rings. The minimum Gasteiger partial charge on any atom is -0.384 e. The number of hydrogen-bond donors (Lipinski definition) is 2. The van der Waals surface area contributed by atoms with Crippen LogP contribution in [0.4, 0.5) is 0 Å². The van der Waals surface area contributed by atoms with Gasteiger partial charge in [0.1, 0.15) is 5.84 Å². The fraction of sp³-hybridized carbons (Fsp3) is 0.724. The molecule has 192 valence electrons. The van der Waals surface area contributed by atoms with E-state index in [2.05, 4.69) is 22.0 Å². The first-order valence-corrected chi connectivity index (χ1v) is 14.3. The van der Waals surface area contributed by atoms with E-state index >= 15 is 0 Å². The predicted octanol–water partition coefficient (Wildman–Crippen LogP) is 6.19. The van der Waals surface area contributed by atoms with Crippen LogP contribution < -0.4 is 11.1 Å². The average Bonchev–Trinajstić information content (AvgIpc) is 3.62. The van der Waals surface area contributed by atoms with E-state index in [9.17, 15) is 4.79 Å². The van der Waals surface area contributed by atoms with Crippen LogP contribution in [-0.4, -0.2) is 30.5 Å². The first-order valence-electron chi connectivity index (χ1n) is 13.9. The van der Waals surface area contributed by atoms with E-state index in [1.165, 1.54) is 76.2 Å². The number of hydrogen-bond acceptors (Lipinski definition) is 3. The summed E-state index contributed by atoms with van der Waals surface area (Å²) in [5.41, 5.74) is 7.77. The Labute approximate surface area is 215 Å². The summed E-state index contributed by atoms with van der Waals surface area (Å²) in [5, 5.41) is 2.98. The number of carbonyl (C=O) groups excluding carboxylic acids is 1. The fourth-order valence-electron chi connectivity index (χ4n) is 7.58. The molecule has 3 N–H and O–H groups in total. The van der Waals surface area contributed by atoms with Crippen LogP contribution in [0.25, 0.3) is 0 Å². The van der Waals surface area contributed by atoms with Crippen molar-refractivity contribution in [2.75, 3.05) is 13.2 Å². The molecule has 5 fully saturated rings. The standard InChI is InChI=1S/C29H42ClN3O2/c30-33-27(31)29(11-12-29)32-26(34)25-9-7-21(8-10-25)6-4-2-1-3-5-13-35-20-28-17-22-14-23(18-28)16-24(15-22)19-28/h7-10,22-24H,1-6,11-20H2,(H2,31,33)(H,32,34). The molecule has 4 bridgehead atoms. The monoisotopic (exact) mass is 499 g/mol. The summed E-state index contributed by atoms with van der Waals surface area (Å²) in [5.74, 6) is 3.22. The van der Waals surface area contributed by atoms with Crippen molar-refractivity contribution in [3.8, 4) is 0 Å². The van der Waals surface area contributed by atoms with Gasteiger partial charge in [-0.25, -0.2) is 0 Å². The maximum Gasteiger partial charge on any atom is 0.252 e. The molecule has 5 aliphatic carbocycles. The summed E-state index contributed by atoms with van der Waals surface area (Å²) in [4.78, 5) is 12.5. The van der Waals surface area contributed by atoms with Crippen molar-refractivity contribution in [1.29, 1.82) is 0 Å². The number of amides is 1. The van der Waals surface area contributed by atoms with Gasteiger partial charge >= 0.3 is 0 Å². The molecule has 1 aromatic rings. The Hall–Kier alpha value is -1.59. The highest BCUT2D eigenvalue weighted by molar-refractivity contribution is 6.21. The van der Waals surface area contributed by atoms with Crippen molar-refractivity contribution >= 4 is 23.5 Å². The van der Waals surface area contributed by atoms with Gasteiger partial charge in [0, 0.05) is 23.9 Å². The summed E-state index contributed by atoms with van der Waals surface area (Å²) in [6.45, 7) is 1.97. The number of ether oxygens (including phenoxy) is 1. The number of aryl methyl sites for hydroxylation is 1. The number of nitrogens with zero attached hydrogens (tertiary/aromatic N) is 1. The third kappa shape index (κ3) is 6.05. The van der Waals surface area contributed by atoms with Gasteiger partial charge in [-0.2, -0.15) is 4.51 Å². The molecule has 0 spiro atoms. The van der Waals surface area contributed by atoms with Crippen LogP contribution in [0.5, 0.6) is 0 Å². The van der Waals surface area contributed by atoms with Crippen molar-refractivity contribution in [2.45, 2.75) is 95.4 Å². The van der Waals surface area contributed by atoms with Crippen LogP contribution in [-0.2, 0) is 11.2 Å². The first kappa shape index (κ1) is 25.1. The number of benzene rings is 1. The molecular weight excluding hydrogens is 458 g/mol. The van der Waals surface area contributed by atoms with Crippen LogP contribution >= 0.6 is 11.8 Å². The van der Waals surface area contributed by atoms with Crippen molar-refractivity contribution in [1.82, 2.24) is 5.32 Å². The molecule has 0 saturated heterocycles. The highest BCUT2D eigenvalue weighted by Gasteiger charge is 2.51. The zero-order valence-corrected chi connectivity index (χ0v) is 21.8. The van der Waals surface area contributed by atoms with E-state index in [4.69, 9.17) is 22.2 Å². The van der Waals surface area contributed by atoms with Gasteiger partial charge in [-0.15, -0.1) is 0 Å². The number of halogens is 1. The smallest absolute Gasteiger partial charge is 0.252 e. The minimum absolute atomic E-state index is 0.122. The van der Waals surface area contributed by atoms with Gasteiger partial charge in [0.15, 0.2) is 0 Å². The molecule has 5 saturated carbocycles. The Balaban J connectivity index is 0.920. The fourth-order valence-corrected chi connectivity index (χ4v) is 7.74. The highest BCUT2D eigenvalue weighted by atomic mass is 35.5. The van der Waals surface area contributed by atoms with Crippen molar-refractivity contribution in [2.24, 2.45) is 33.4 Å². The van der Waals surface area contributed by atoms with Gasteiger partial charge < -0.3 is 15.8 Å². The first-order chi connectivity index (χ1) is 17.0. The second-order valence-corrected chi connectivity index (χ2v) is 12.4. The summed E-state index contributed by atoms with van der Waals surface area (Å²) in [7, 11) is 0. The Bertz CT molecular complexity index is 874. The minimum atomic E-state index is -0.544. The lowest BCUT2D eigenvalue weighted by Gasteiger charge is -2.56. The molecule has 1 amide bonds. The predicted molar refractivity (Wildman–Crippen MR) is 142 cm³/mol. The normalized spacial score (nSPS) is 30.4. The summed E-state index contributed by atoms with van der Waals surface area (Å²) in [6.07, 6.45) is 17.7. The van der Waals surface area contributed by atoms with E-state index in [0.29, 0.717) is 16.8 Å². The molecule has 0 heterocycles. The van der Waals surface area contributed by atoms with E-state index < -0.39 is 5.54 Å². The molecule has 1 aromatic carbocycles. The zero-order chi connectivity index (χ0) is 24.3. The topological polar surface area (TPSA) is 76.7 Å². The maximum atomic E-state index is 12.5. The number of amidine groups is 1. The second kappa shape index (κ2) is 10.8. The lowest BCUT2D eigenvalue weighted by Crippen LogP contribution is -2.48. The van der Waals surface area contributed by atoms with E-state index in [-0.39, 0.29) is 5.91 Å². The molecule has 6 rings (SSSR count). The molecule has 0 unspecified atom stereocenters. The molecule has 0 radical (unpaired) electrons. The maximum absolute atomic E-state index is 12.5. The Morgan fingerprint density at radius 2 is 1.57 bits per heavy atom. The SMILES string of the molecule is N/C(=N\Cl)C1(NC(=O)c2ccc(CCCCCCCOCC34CC5CC(CC(C5)C3)C4)cc2)CC1. The van der Waals surface area contributed by atoms with Crippen LogP contribution in [0, 0.1) is 23.2 Å². The zero-order valence-electron chi connectivity index (χ0n) is 21.1. The van der Waals surface area contributed by atoms with Crippen molar-refractivity contribution < 1.29 is 9.53 Å². The Morgan fingerprint density at radius 1 is 0.971 bits per heavy atom. The summed E-state index contributed by atoms with van der Waals surface area (Å²) < 4.78 is 9.76. The Morgan fingerprint density at radius 3 is 2.17 bits per heavy atom. The molecule has 6 heteroatoms. The van der Waals surface area contributed by atoms with Crippen molar-refractivity contribution in [3.63, 3.8) is 0 Å². The number of nitrogens with two attached hydrogens (primary N) is 1. The van der Waals surface area contributed by atoms with Crippen LogP contribution in [0.2, 0.25) is 0 Å². The van der Waals surface area contributed by atoms with E-state index in [1.54, 1.807) is 0 Å². The molecule has 0 aromatic heterocycles.